The molecule has 1 aliphatic rings. The zero-order valence-electron chi connectivity index (χ0n) is 7.21. The largest absolute Gasteiger partial charge is 0.359 e. The topological polar surface area (TPSA) is 3.24 Å². The third-order valence-electron chi connectivity index (χ3n) is 1.85. The van der Waals surface area contributed by atoms with Crippen LogP contribution in [-0.2, 0) is 0 Å². The van der Waals surface area contributed by atoms with Gasteiger partial charge in [-0.1, -0.05) is 22.0 Å². The summed E-state index contributed by atoms with van der Waals surface area (Å²) in [5.74, 6) is 0. The molecule has 2 heteroatoms. The first-order valence-electron chi connectivity index (χ1n) is 3.89. The smallest absolute Gasteiger partial charge is 0.106 e. The fourth-order valence-corrected chi connectivity index (χ4v) is 1.88. The highest BCUT2D eigenvalue weighted by molar-refractivity contribution is 9.09. The summed E-state index contributed by atoms with van der Waals surface area (Å²) in [5.41, 5.74) is 1.36. The first-order chi connectivity index (χ1) is 5.13. The zero-order chi connectivity index (χ0) is 8.43. The molecular formula is C9H14BrN. The molecule has 0 aromatic heterocycles. The van der Waals surface area contributed by atoms with Gasteiger partial charge in [-0.25, -0.2) is 0 Å². The molecule has 1 unspecified atom stereocenters. The van der Waals surface area contributed by atoms with Crippen LogP contribution < -0.4 is 0 Å². The van der Waals surface area contributed by atoms with Crippen molar-refractivity contribution in [1.29, 1.82) is 0 Å². The maximum absolute atomic E-state index is 3.63. The molecule has 0 aromatic rings. The third kappa shape index (κ3) is 1.86. The number of hydrogen-bond donors (Lipinski definition) is 0. The minimum Gasteiger partial charge on any atom is -0.359 e. The van der Waals surface area contributed by atoms with Crippen LogP contribution in [0.2, 0.25) is 0 Å². The summed E-state index contributed by atoms with van der Waals surface area (Å²) in [6.45, 7) is 6.52. The van der Waals surface area contributed by atoms with Crippen LogP contribution in [0.15, 0.2) is 23.9 Å². The molecule has 11 heavy (non-hydrogen) atoms. The van der Waals surface area contributed by atoms with Crippen molar-refractivity contribution in [2.75, 3.05) is 0 Å². The molecule has 0 saturated carbocycles. The molecule has 0 saturated heterocycles. The van der Waals surface area contributed by atoms with Gasteiger partial charge in [0.15, 0.2) is 0 Å². The van der Waals surface area contributed by atoms with Gasteiger partial charge in [-0.2, -0.15) is 0 Å². The highest BCUT2D eigenvalue weighted by Gasteiger charge is 2.17. The van der Waals surface area contributed by atoms with E-state index in [2.05, 4.69) is 60.0 Å². The van der Waals surface area contributed by atoms with Crippen LogP contribution in [0.25, 0.3) is 0 Å². The molecule has 0 spiro atoms. The van der Waals surface area contributed by atoms with Crippen LogP contribution in [0.5, 0.6) is 0 Å². The first-order valence-corrected chi connectivity index (χ1v) is 4.81. The molecule has 1 rings (SSSR count). The van der Waals surface area contributed by atoms with Gasteiger partial charge in [-0.05, 0) is 32.4 Å². The molecule has 0 bridgehead atoms. The number of rotatable bonds is 1. The van der Waals surface area contributed by atoms with Crippen molar-refractivity contribution >= 4 is 15.9 Å². The number of halogens is 1. The van der Waals surface area contributed by atoms with Crippen molar-refractivity contribution in [2.24, 2.45) is 0 Å². The number of alkyl halides is 1. The standard InChI is InChI=1S/C9H14BrN/c1-7(2)11-6-4-5-8(3)9(11)10/h4-7,9H,1-3H3. The summed E-state index contributed by atoms with van der Waals surface area (Å²) in [6.07, 6.45) is 6.35. The summed E-state index contributed by atoms with van der Waals surface area (Å²) in [4.78, 5) is 2.67. The van der Waals surface area contributed by atoms with E-state index < -0.39 is 0 Å². The van der Waals surface area contributed by atoms with Gasteiger partial charge in [0.2, 0.25) is 0 Å². The van der Waals surface area contributed by atoms with Crippen LogP contribution in [0.4, 0.5) is 0 Å². The summed E-state index contributed by atoms with van der Waals surface area (Å²) in [5, 5.41) is 0. The quantitative estimate of drug-likeness (QED) is 0.481. The van der Waals surface area contributed by atoms with Crippen molar-refractivity contribution in [2.45, 2.75) is 31.8 Å². The number of hydrogen-bond acceptors (Lipinski definition) is 1. The van der Waals surface area contributed by atoms with Gasteiger partial charge < -0.3 is 4.90 Å². The van der Waals surface area contributed by atoms with Gasteiger partial charge >= 0.3 is 0 Å². The molecular weight excluding hydrogens is 202 g/mol. The Labute approximate surface area is 76.9 Å². The molecule has 0 aliphatic carbocycles. The summed E-state index contributed by atoms with van der Waals surface area (Å²) < 4.78 is 0. The SMILES string of the molecule is CC1=CC=CN(C(C)C)C1Br. The van der Waals surface area contributed by atoms with Gasteiger partial charge in [-0.15, -0.1) is 0 Å². The van der Waals surface area contributed by atoms with Gasteiger partial charge in [0, 0.05) is 12.2 Å². The van der Waals surface area contributed by atoms with Crippen molar-refractivity contribution in [1.82, 2.24) is 4.90 Å². The van der Waals surface area contributed by atoms with Crippen molar-refractivity contribution in [3.05, 3.63) is 23.9 Å². The Morgan fingerprint density at radius 2 is 2.18 bits per heavy atom. The predicted molar refractivity (Wildman–Crippen MR) is 52.6 cm³/mol. The molecule has 0 radical (unpaired) electrons. The maximum Gasteiger partial charge on any atom is 0.106 e. The van der Waals surface area contributed by atoms with Gasteiger partial charge in [0.25, 0.3) is 0 Å². The predicted octanol–water partition coefficient (Wildman–Crippen LogP) is 2.89. The summed E-state index contributed by atoms with van der Waals surface area (Å²) >= 11 is 3.63. The highest BCUT2D eigenvalue weighted by Crippen LogP contribution is 2.23. The second-order valence-corrected chi connectivity index (χ2v) is 4.00. The van der Waals surface area contributed by atoms with E-state index in [0.29, 0.717) is 11.0 Å². The fraction of sp³-hybridized carbons (Fsp3) is 0.556. The Morgan fingerprint density at radius 1 is 1.55 bits per heavy atom. The van der Waals surface area contributed by atoms with E-state index in [-0.39, 0.29) is 0 Å². The second-order valence-electron chi connectivity index (χ2n) is 3.13. The van der Waals surface area contributed by atoms with Crippen LogP contribution >= 0.6 is 15.9 Å². The number of nitrogens with zero attached hydrogens (tertiary/aromatic N) is 1. The lowest BCUT2D eigenvalue weighted by molar-refractivity contribution is 0.314. The second kappa shape index (κ2) is 3.44. The van der Waals surface area contributed by atoms with E-state index in [0.717, 1.165) is 0 Å². The van der Waals surface area contributed by atoms with Gasteiger partial charge in [-0.3, -0.25) is 0 Å². The molecule has 0 fully saturated rings. The number of allylic oxidation sites excluding steroid dienone is 2. The van der Waals surface area contributed by atoms with E-state index in [9.17, 15) is 0 Å². The van der Waals surface area contributed by atoms with E-state index in [4.69, 9.17) is 0 Å². The fourth-order valence-electron chi connectivity index (χ4n) is 1.12. The molecule has 1 nitrogen and oxygen atoms in total. The molecule has 1 aliphatic heterocycles. The Balaban J connectivity index is 2.73. The monoisotopic (exact) mass is 215 g/mol. The Kier molecular flexibility index (Phi) is 2.77. The van der Waals surface area contributed by atoms with Crippen molar-refractivity contribution in [3.63, 3.8) is 0 Å². The zero-order valence-corrected chi connectivity index (χ0v) is 8.80. The Bertz CT molecular complexity index is 194. The molecule has 62 valence electrons. The maximum atomic E-state index is 3.63. The lowest BCUT2D eigenvalue weighted by Gasteiger charge is -2.32. The third-order valence-corrected chi connectivity index (χ3v) is 3.05. The molecule has 1 atom stereocenters. The average molecular weight is 216 g/mol. The average Bonchev–Trinajstić information content (AvgIpc) is 1.94. The Hall–Kier alpha value is -0.240. The highest BCUT2D eigenvalue weighted by atomic mass is 79.9. The first kappa shape index (κ1) is 8.85. The van der Waals surface area contributed by atoms with E-state index in [1.807, 2.05) is 0 Å². The Morgan fingerprint density at radius 3 is 2.64 bits per heavy atom. The van der Waals surface area contributed by atoms with Crippen LogP contribution in [0.3, 0.4) is 0 Å². The molecule has 0 aromatic carbocycles. The lowest BCUT2D eigenvalue weighted by Crippen LogP contribution is -2.34. The summed E-state index contributed by atoms with van der Waals surface area (Å²) in [7, 11) is 0. The minimum atomic E-state index is 0.382. The molecule has 1 heterocycles. The van der Waals surface area contributed by atoms with E-state index >= 15 is 0 Å². The van der Waals surface area contributed by atoms with E-state index in [1.165, 1.54) is 5.57 Å². The van der Waals surface area contributed by atoms with Crippen LogP contribution in [0, 0.1) is 0 Å². The normalized spacial score (nSPS) is 24.3. The van der Waals surface area contributed by atoms with E-state index in [1.54, 1.807) is 0 Å². The van der Waals surface area contributed by atoms with Gasteiger partial charge in [0.05, 0.1) is 0 Å². The molecule has 0 N–H and O–H groups in total. The van der Waals surface area contributed by atoms with Crippen molar-refractivity contribution < 1.29 is 0 Å². The van der Waals surface area contributed by atoms with Gasteiger partial charge in [0.1, 0.15) is 4.95 Å². The van der Waals surface area contributed by atoms with Crippen LogP contribution in [-0.4, -0.2) is 15.9 Å². The molecule has 0 amide bonds. The lowest BCUT2D eigenvalue weighted by atomic mass is 10.2. The minimum absolute atomic E-state index is 0.382. The van der Waals surface area contributed by atoms with Crippen molar-refractivity contribution in [3.8, 4) is 0 Å². The summed E-state index contributed by atoms with van der Waals surface area (Å²) in [6, 6.07) is 0.555. The van der Waals surface area contributed by atoms with Crippen LogP contribution in [0.1, 0.15) is 20.8 Å².